The average molecular weight is 343 g/mol. The van der Waals surface area contributed by atoms with Crippen LogP contribution in [-0.4, -0.2) is 18.3 Å². The van der Waals surface area contributed by atoms with Crippen molar-refractivity contribution in [3.63, 3.8) is 0 Å². The fourth-order valence-electron chi connectivity index (χ4n) is 2.01. The summed E-state index contributed by atoms with van der Waals surface area (Å²) in [6, 6.07) is 7.32. The molecule has 2 aromatic heterocycles. The number of nitrogens with two attached hydrogens (primary N) is 1. The van der Waals surface area contributed by atoms with Crippen molar-refractivity contribution in [2.24, 2.45) is 0 Å². The lowest BCUT2D eigenvalue weighted by Gasteiger charge is -2.08. The summed E-state index contributed by atoms with van der Waals surface area (Å²) in [5.41, 5.74) is 6.52. The number of carbonyl (C=O) groups excluding carboxylic acids is 1. The van der Waals surface area contributed by atoms with Gasteiger partial charge in [-0.3, -0.25) is 10.5 Å². The van der Waals surface area contributed by atoms with Crippen molar-refractivity contribution in [3.8, 4) is 23.5 Å². The van der Waals surface area contributed by atoms with Gasteiger partial charge in [0.05, 0.1) is 24.2 Å². The van der Waals surface area contributed by atoms with Gasteiger partial charge in [0.25, 0.3) is 5.82 Å². The molecule has 2 rings (SSSR count). The van der Waals surface area contributed by atoms with Crippen LogP contribution in [0.2, 0.25) is 0 Å². The standard InChI is InChI=1S/C16H14N4O3S/c1-2-5-23-13(21)9-24-16-11(8-18)14(12-4-3-6-22-12)10(7-17)15(19)20-16/h3-4,6H,2,5,9H2,1H3,(H2,19,20)/p+1. The Morgan fingerprint density at radius 2 is 2.17 bits per heavy atom. The molecule has 3 N–H and O–H groups in total. The van der Waals surface area contributed by atoms with Crippen molar-refractivity contribution >= 4 is 23.5 Å². The number of hydrogen-bond donors (Lipinski definition) is 1. The highest BCUT2D eigenvalue weighted by molar-refractivity contribution is 7.99. The molecule has 0 radical (unpaired) electrons. The van der Waals surface area contributed by atoms with Gasteiger partial charge in [-0.1, -0.05) is 18.7 Å². The SMILES string of the molecule is CCCOC(=O)CSc1[nH+]c(N)c(C#N)c(-c2ccco2)c1C#N. The molecule has 0 fully saturated rings. The zero-order chi connectivity index (χ0) is 17.5. The third kappa shape index (κ3) is 3.67. The van der Waals surface area contributed by atoms with E-state index in [1.54, 1.807) is 12.1 Å². The number of ether oxygens (including phenoxy) is 1. The number of nitrogen functional groups attached to an aromatic ring is 1. The normalized spacial score (nSPS) is 9.96. The van der Waals surface area contributed by atoms with Crippen molar-refractivity contribution in [3.05, 3.63) is 29.5 Å². The van der Waals surface area contributed by atoms with Crippen molar-refractivity contribution < 1.29 is 18.9 Å². The Morgan fingerprint density at radius 1 is 1.42 bits per heavy atom. The van der Waals surface area contributed by atoms with Crippen LogP contribution in [0.4, 0.5) is 5.82 Å². The number of H-pyrrole nitrogens is 1. The van der Waals surface area contributed by atoms with Crippen LogP contribution < -0.4 is 10.7 Å². The minimum atomic E-state index is -0.387. The Labute approximate surface area is 143 Å². The number of furan rings is 1. The molecule has 0 aliphatic carbocycles. The van der Waals surface area contributed by atoms with Gasteiger partial charge in [0.15, 0.2) is 10.6 Å². The summed E-state index contributed by atoms with van der Waals surface area (Å²) in [6.45, 7) is 2.25. The number of thioether (sulfide) groups is 1. The molecule has 0 aliphatic heterocycles. The van der Waals surface area contributed by atoms with Crippen LogP contribution in [0.5, 0.6) is 0 Å². The third-order valence-electron chi connectivity index (χ3n) is 3.04. The molecule has 24 heavy (non-hydrogen) atoms. The largest absolute Gasteiger partial charge is 0.465 e. The predicted molar refractivity (Wildman–Crippen MR) is 86.5 cm³/mol. The molecular formula is C16H15N4O3S+. The molecule has 0 spiro atoms. The molecule has 2 heterocycles. The Morgan fingerprint density at radius 3 is 2.75 bits per heavy atom. The zero-order valence-corrected chi connectivity index (χ0v) is 13.8. The van der Waals surface area contributed by atoms with Crippen LogP contribution in [0.1, 0.15) is 24.5 Å². The summed E-state index contributed by atoms with van der Waals surface area (Å²) in [4.78, 5) is 14.5. The molecule has 0 aromatic carbocycles. The van der Waals surface area contributed by atoms with Crippen LogP contribution >= 0.6 is 11.8 Å². The molecule has 0 saturated heterocycles. The van der Waals surface area contributed by atoms with Crippen molar-refractivity contribution in [1.82, 2.24) is 0 Å². The van der Waals surface area contributed by atoms with E-state index in [2.05, 4.69) is 11.1 Å². The van der Waals surface area contributed by atoms with Gasteiger partial charge in [0.2, 0.25) is 0 Å². The van der Waals surface area contributed by atoms with Gasteiger partial charge < -0.3 is 9.15 Å². The van der Waals surface area contributed by atoms with Gasteiger partial charge in [-0.25, -0.2) is 4.98 Å². The van der Waals surface area contributed by atoms with Crippen molar-refractivity contribution in [2.75, 3.05) is 18.1 Å². The first kappa shape index (κ1) is 17.4. The monoisotopic (exact) mass is 343 g/mol. The van der Waals surface area contributed by atoms with Crippen LogP contribution in [-0.2, 0) is 9.53 Å². The number of nitriles is 2. The highest BCUT2D eigenvalue weighted by Crippen LogP contribution is 2.33. The number of hydrogen-bond acceptors (Lipinski definition) is 7. The number of aromatic amines is 1. The maximum Gasteiger partial charge on any atom is 0.316 e. The Hall–Kier alpha value is -2.97. The average Bonchev–Trinajstić information content (AvgIpc) is 3.11. The van der Waals surface area contributed by atoms with E-state index in [0.717, 1.165) is 18.2 Å². The number of pyridine rings is 1. The molecular weight excluding hydrogens is 328 g/mol. The predicted octanol–water partition coefficient (Wildman–Crippen LogP) is 2.13. The minimum absolute atomic E-state index is 0.0219. The number of nitrogens with one attached hydrogen (secondary N) is 1. The molecule has 0 saturated carbocycles. The van der Waals surface area contributed by atoms with Crippen LogP contribution in [0.15, 0.2) is 27.8 Å². The zero-order valence-electron chi connectivity index (χ0n) is 13.0. The second-order valence-electron chi connectivity index (χ2n) is 4.70. The first-order valence-electron chi connectivity index (χ1n) is 7.13. The van der Waals surface area contributed by atoms with E-state index in [9.17, 15) is 15.3 Å². The van der Waals surface area contributed by atoms with Gasteiger partial charge in [0, 0.05) is 0 Å². The van der Waals surface area contributed by atoms with Gasteiger partial charge in [-0.05, 0) is 18.6 Å². The summed E-state index contributed by atoms with van der Waals surface area (Å²) in [6.07, 6.45) is 2.18. The van der Waals surface area contributed by atoms with Gasteiger partial charge >= 0.3 is 5.97 Å². The molecule has 2 aromatic rings. The molecule has 122 valence electrons. The van der Waals surface area contributed by atoms with Crippen molar-refractivity contribution in [1.29, 1.82) is 10.5 Å². The highest BCUT2D eigenvalue weighted by atomic mass is 32.2. The van der Waals surface area contributed by atoms with E-state index < -0.39 is 0 Å². The highest BCUT2D eigenvalue weighted by Gasteiger charge is 2.25. The van der Waals surface area contributed by atoms with E-state index in [1.807, 2.05) is 13.0 Å². The fraction of sp³-hybridized carbons (Fsp3) is 0.250. The topological polar surface area (TPSA) is 127 Å². The summed E-state index contributed by atoms with van der Waals surface area (Å²) >= 11 is 1.09. The number of aromatic nitrogens is 1. The number of carbonyl (C=O) groups is 1. The maximum atomic E-state index is 11.7. The Balaban J connectivity index is 2.42. The van der Waals surface area contributed by atoms with Crippen LogP contribution in [0.25, 0.3) is 11.3 Å². The lowest BCUT2D eigenvalue weighted by Crippen LogP contribution is -2.19. The molecule has 0 bridgehead atoms. The van der Waals surface area contributed by atoms with Gasteiger partial charge in [-0.15, -0.1) is 0 Å². The summed E-state index contributed by atoms with van der Waals surface area (Å²) in [5, 5.41) is 19.2. The molecule has 0 amide bonds. The number of anilines is 1. The van der Waals surface area contributed by atoms with E-state index in [-0.39, 0.29) is 28.7 Å². The van der Waals surface area contributed by atoms with Crippen LogP contribution in [0.3, 0.4) is 0 Å². The maximum absolute atomic E-state index is 11.7. The smallest absolute Gasteiger partial charge is 0.316 e. The second kappa shape index (κ2) is 8.04. The van der Waals surface area contributed by atoms with E-state index in [4.69, 9.17) is 14.9 Å². The lowest BCUT2D eigenvalue weighted by molar-refractivity contribution is -0.410. The van der Waals surface area contributed by atoms with Crippen LogP contribution in [0, 0.1) is 22.7 Å². The number of nitrogens with zero attached hydrogens (tertiary/aromatic N) is 2. The summed E-state index contributed by atoms with van der Waals surface area (Å²) in [7, 11) is 0. The molecule has 0 atom stereocenters. The Bertz CT molecular complexity index is 819. The Kier molecular flexibility index (Phi) is 5.83. The quantitative estimate of drug-likeness (QED) is 0.628. The second-order valence-corrected chi connectivity index (χ2v) is 5.69. The van der Waals surface area contributed by atoms with E-state index in [1.165, 1.54) is 6.26 Å². The number of rotatable bonds is 6. The lowest BCUT2D eigenvalue weighted by atomic mass is 10.0. The van der Waals surface area contributed by atoms with Crippen molar-refractivity contribution in [2.45, 2.75) is 18.4 Å². The first-order valence-corrected chi connectivity index (χ1v) is 8.12. The molecule has 0 aliphatic rings. The van der Waals surface area contributed by atoms with E-state index in [0.29, 0.717) is 23.0 Å². The third-order valence-corrected chi connectivity index (χ3v) is 4.01. The summed E-state index contributed by atoms with van der Waals surface area (Å²) < 4.78 is 10.3. The first-order chi connectivity index (χ1) is 11.6. The van der Waals surface area contributed by atoms with Gasteiger partial charge in [-0.2, -0.15) is 10.5 Å². The van der Waals surface area contributed by atoms with Gasteiger partial charge in [0.1, 0.15) is 23.5 Å². The number of esters is 1. The minimum Gasteiger partial charge on any atom is -0.465 e. The summed E-state index contributed by atoms with van der Waals surface area (Å²) in [5.74, 6) is 0.0989. The molecule has 8 heteroatoms. The molecule has 7 nitrogen and oxygen atoms in total. The van der Waals surface area contributed by atoms with E-state index >= 15 is 0 Å². The molecule has 0 unspecified atom stereocenters. The fourth-order valence-corrected chi connectivity index (χ4v) is 2.83.